The molecule has 1 rings (SSSR count). The summed E-state index contributed by atoms with van der Waals surface area (Å²) in [6, 6.07) is 0. The zero-order chi connectivity index (χ0) is 10.8. The van der Waals surface area contributed by atoms with Crippen LogP contribution in [0.2, 0.25) is 0 Å². The number of hydrogen-bond acceptors (Lipinski definition) is 1. The highest BCUT2D eigenvalue weighted by Gasteiger charge is 2.15. The van der Waals surface area contributed by atoms with Gasteiger partial charge in [0, 0.05) is 12.4 Å². The molecule has 0 saturated heterocycles. The molecule has 0 amide bonds. The Kier molecular flexibility index (Phi) is 8.61. The molecule has 0 unspecified atom stereocenters. The van der Waals surface area contributed by atoms with E-state index in [9.17, 15) is 0 Å². The van der Waals surface area contributed by atoms with Crippen LogP contribution < -0.4 is 0 Å². The minimum absolute atomic E-state index is 0.948. The molecule has 0 aromatic carbocycles. The Balaban J connectivity index is 0.000000500. The van der Waals surface area contributed by atoms with Crippen LogP contribution in [0.3, 0.4) is 0 Å². The normalized spacial score (nSPS) is 15.7. The van der Waals surface area contributed by atoms with Crippen LogP contribution in [0.4, 0.5) is 0 Å². The SMILES string of the molecule is CC(C)=CN=CCC1CCC1.CCC. The average Bonchev–Trinajstić information content (AvgIpc) is 2.01. The molecule has 0 N–H and O–H groups in total. The van der Waals surface area contributed by atoms with Gasteiger partial charge in [0.1, 0.15) is 0 Å². The summed E-state index contributed by atoms with van der Waals surface area (Å²) in [7, 11) is 0. The van der Waals surface area contributed by atoms with Crippen LogP contribution in [0.5, 0.6) is 0 Å². The van der Waals surface area contributed by atoms with Gasteiger partial charge in [0.05, 0.1) is 0 Å². The van der Waals surface area contributed by atoms with Crippen LogP contribution in [0.15, 0.2) is 16.8 Å². The predicted octanol–water partition coefficient (Wildman–Crippen LogP) is 4.59. The third-order valence-electron chi connectivity index (χ3n) is 2.10. The van der Waals surface area contributed by atoms with E-state index in [-0.39, 0.29) is 0 Å². The summed E-state index contributed by atoms with van der Waals surface area (Å²) >= 11 is 0. The topological polar surface area (TPSA) is 12.4 Å². The average molecular weight is 195 g/mol. The second-order valence-electron chi connectivity index (χ2n) is 4.28. The van der Waals surface area contributed by atoms with Gasteiger partial charge in [-0.3, -0.25) is 4.99 Å². The van der Waals surface area contributed by atoms with E-state index in [1.54, 1.807) is 0 Å². The molecule has 14 heavy (non-hydrogen) atoms. The number of rotatable bonds is 3. The van der Waals surface area contributed by atoms with Crippen LogP contribution >= 0.6 is 0 Å². The van der Waals surface area contributed by atoms with Gasteiger partial charge in [0.15, 0.2) is 0 Å². The zero-order valence-electron chi connectivity index (χ0n) is 10.2. The molecule has 1 fully saturated rings. The van der Waals surface area contributed by atoms with E-state index in [0.29, 0.717) is 0 Å². The smallest absolute Gasteiger partial charge is 0.0250 e. The summed E-state index contributed by atoms with van der Waals surface area (Å²) in [5.41, 5.74) is 1.27. The molecule has 1 heteroatoms. The Morgan fingerprint density at radius 1 is 1.29 bits per heavy atom. The minimum atomic E-state index is 0.948. The van der Waals surface area contributed by atoms with Gasteiger partial charge in [-0.05, 0) is 26.2 Å². The number of hydrogen-bond donors (Lipinski definition) is 0. The summed E-state index contributed by atoms with van der Waals surface area (Å²) in [6.07, 6.45) is 10.7. The van der Waals surface area contributed by atoms with Crippen LogP contribution in [0.25, 0.3) is 0 Å². The third kappa shape index (κ3) is 8.03. The van der Waals surface area contributed by atoms with Crippen molar-refractivity contribution in [2.75, 3.05) is 0 Å². The monoisotopic (exact) mass is 195 g/mol. The second kappa shape index (κ2) is 8.98. The molecular weight excluding hydrogens is 170 g/mol. The maximum absolute atomic E-state index is 4.21. The van der Waals surface area contributed by atoms with E-state index in [0.717, 1.165) is 5.92 Å². The van der Waals surface area contributed by atoms with Gasteiger partial charge in [0.25, 0.3) is 0 Å². The summed E-state index contributed by atoms with van der Waals surface area (Å²) in [5.74, 6) is 0.948. The van der Waals surface area contributed by atoms with E-state index in [2.05, 4.69) is 38.9 Å². The van der Waals surface area contributed by atoms with Crippen molar-refractivity contribution in [2.45, 2.75) is 59.8 Å². The summed E-state index contributed by atoms with van der Waals surface area (Å²) < 4.78 is 0. The van der Waals surface area contributed by atoms with Gasteiger partial charge in [-0.25, -0.2) is 0 Å². The lowest BCUT2D eigenvalue weighted by Crippen LogP contribution is -2.10. The number of nitrogens with zero attached hydrogens (tertiary/aromatic N) is 1. The van der Waals surface area contributed by atoms with Crippen molar-refractivity contribution in [3.05, 3.63) is 11.8 Å². The van der Waals surface area contributed by atoms with Crippen molar-refractivity contribution in [1.29, 1.82) is 0 Å². The summed E-state index contributed by atoms with van der Waals surface area (Å²) in [5, 5.41) is 0. The molecular formula is C13H25N. The molecule has 0 radical (unpaired) electrons. The van der Waals surface area contributed by atoms with Crippen molar-refractivity contribution < 1.29 is 0 Å². The highest BCUT2D eigenvalue weighted by Crippen LogP contribution is 2.28. The lowest BCUT2D eigenvalue weighted by molar-refractivity contribution is 0.329. The van der Waals surface area contributed by atoms with Crippen molar-refractivity contribution in [2.24, 2.45) is 10.9 Å². The molecule has 82 valence electrons. The largest absolute Gasteiger partial charge is 0.269 e. The summed E-state index contributed by atoms with van der Waals surface area (Å²) in [6.45, 7) is 8.39. The van der Waals surface area contributed by atoms with Crippen molar-refractivity contribution in [3.63, 3.8) is 0 Å². The molecule has 0 aromatic heterocycles. The van der Waals surface area contributed by atoms with Crippen LogP contribution in [-0.2, 0) is 0 Å². The van der Waals surface area contributed by atoms with Crippen LogP contribution in [0, 0.1) is 5.92 Å². The molecule has 1 aliphatic carbocycles. The fourth-order valence-corrected chi connectivity index (χ4v) is 1.14. The van der Waals surface area contributed by atoms with Gasteiger partial charge in [0.2, 0.25) is 0 Å². The summed E-state index contributed by atoms with van der Waals surface area (Å²) in [4.78, 5) is 4.21. The molecule has 1 saturated carbocycles. The first kappa shape index (κ1) is 13.4. The van der Waals surface area contributed by atoms with Crippen LogP contribution in [-0.4, -0.2) is 6.21 Å². The first-order valence-electron chi connectivity index (χ1n) is 5.85. The fraction of sp³-hybridized carbons (Fsp3) is 0.769. The Labute approximate surface area is 89.3 Å². The molecule has 0 bridgehead atoms. The highest BCUT2D eigenvalue weighted by atomic mass is 14.7. The van der Waals surface area contributed by atoms with E-state index >= 15 is 0 Å². The van der Waals surface area contributed by atoms with Gasteiger partial charge in [-0.15, -0.1) is 0 Å². The van der Waals surface area contributed by atoms with Gasteiger partial charge in [-0.2, -0.15) is 0 Å². The Hall–Kier alpha value is -0.590. The maximum atomic E-state index is 4.21. The molecule has 0 spiro atoms. The minimum Gasteiger partial charge on any atom is -0.269 e. The predicted molar refractivity (Wildman–Crippen MR) is 65.8 cm³/mol. The molecule has 1 aliphatic rings. The molecule has 0 heterocycles. The van der Waals surface area contributed by atoms with Gasteiger partial charge >= 0.3 is 0 Å². The maximum Gasteiger partial charge on any atom is 0.0250 e. The lowest BCUT2D eigenvalue weighted by Gasteiger charge is -2.22. The van der Waals surface area contributed by atoms with E-state index in [1.165, 1.54) is 37.7 Å². The third-order valence-corrected chi connectivity index (χ3v) is 2.10. The van der Waals surface area contributed by atoms with Gasteiger partial charge in [-0.1, -0.05) is 45.1 Å². The van der Waals surface area contributed by atoms with Gasteiger partial charge < -0.3 is 0 Å². The molecule has 0 aromatic rings. The Bertz CT molecular complexity index is 172. The number of allylic oxidation sites excluding steroid dienone is 1. The molecule has 0 atom stereocenters. The first-order valence-corrected chi connectivity index (χ1v) is 5.85. The standard InChI is InChI=1S/C10H17N.C3H8/c1-9(2)8-11-7-6-10-4-3-5-10;1-3-2/h7-8,10H,3-6H2,1-2H3;3H2,1-2H3. The Morgan fingerprint density at radius 3 is 2.21 bits per heavy atom. The van der Waals surface area contributed by atoms with Crippen molar-refractivity contribution in [3.8, 4) is 0 Å². The van der Waals surface area contributed by atoms with E-state index < -0.39 is 0 Å². The number of aliphatic imine (C=N–C) groups is 1. The first-order chi connectivity index (χ1) is 6.70. The van der Waals surface area contributed by atoms with Crippen molar-refractivity contribution >= 4 is 6.21 Å². The zero-order valence-corrected chi connectivity index (χ0v) is 10.2. The molecule has 1 nitrogen and oxygen atoms in total. The fourth-order valence-electron chi connectivity index (χ4n) is 1.14. The molecule has 0 aliphatic heterocycles. The van der Waals surface area contributed by atoms with Crippen molar-refractivity contribution in [1.82, 2.24) is 0 Å². The van der Waals surface area contributed by atoms with Crippen LogP contribution in [0.1, 0.15) is 59.8 Å². The van der Waals surface area contributed by atoms with E-state index in [4.69, 9.17) is 0 Å². The Morgan fingerprint density at radius 2 is 1.86 bits per heavy atom. The quantitative estimate of drug-likeness (QED) is 0.584. The van der Waals surface area contributed by atoms with E-state index in [1.807, 2.05) is 6.20 Å². The highest BCUT2D eigenvalue weighted by molar-refractivity contribution is 5.58. The lowest BCUT2D eigenvalue weighted by atomic mass is 9.83. The second-order valence-corrected chi connectivity index (χ2v) is 4.28.